The topological polar surface area (TPSA) is 29.5 Å². The third kappa shape index (κ3) is 3.76. The van der Waals surface area contributed by atoms with Gasteiger partial charge in [0, 0.05) is 6.61 Å². The summed E-state index contributed by atoms with van der Waals surface area (Å²) in [6.45, 7) is 4.32. The zero-order valence-electron chi connectivity index (χ0n) is 11.3. The van der Waals surface area contributed by atoms with Crippen LogP contribution in [0.25, 0.3) is 0 Å². The summed E-state index contributed by atoms with van der Waals surface area (Å²) in [4.78, 5) is 0. The van der Waals surface area contributed by atoms with Crippen molar-refractivity contribution in [2.45, 2.75) is 63.1 Å². The van der Waals surface area contributed by atoms with Crippen molar-refractivity contribution in [1.29, 1.82) is 0 Å². The van der Waals surface area contributed by atoms with Crippen LogP contribution in [-0.2, 0) is 4.74 Å². The first kappa shape index (κ1) is 14.9. The highest BCUT2D eigenvalue weighted by Crippen LogP contribution is 2.32. The predicted octanol–water partition coefficient (Wildman–Crippen LogP) is 3.19. The van der Waals surface area contributed by atoms with Gasteiger partial charge in [0.15, 0.2) is 12.3 Å². The lowest BCUT2D eigenvalue weighted by atomic mass is 9.82. The molecule has 0 spiro atoms. The molecule has 2 aliphatic carbocycles. The summed E-state index contributed by atoms with van der Waals surface area (Å²) in [5.41, 5.74) is 0. The number of aliphatic hydroxyl groups is 1. The minimum atomic E-state index is -1.80. The number of allylic oxidation sites excluding steroid dienone is 1. The Kier molecular flexibility index (Phi) is 5.34. The second kappa shape index (κ2) is 6.80. The second-order valence-electron chi connectivity index (χ2n) is 5.92. The monoisotopic (exact) mass is 274 g/mol. The summed E-state index contributed by atoms with van der Waals surface area (Å²) < 4.78 is 32.6. The zero-order chi connectivity index (χ0) is 13.8. The maximum atomic E-state index is 13.7. The molecule has 0 radical (unpaired) electrons. The molecule has 4 heteroatoms. The molecular weight excluding hydrogens is 250 g/mol. The third-order valence-electron chi connectivity index (χ3n) is 4.54. The Morgan fingerprint density at radius 1 is 1.05 bits per heavy atom. The summed E-state index contributed by atoms with van der Waals surface area (Å²) in [6, 6.07) is 0. The highest BCUT2D eigenvalue weighted by Gasteiger charge is 2.40. The first-order valence-electron chi connectivity index (χ1n) is 7.32. The molecule has 0 amide bonds. The van der Waals surface area contributed by atoms with E-state index in [1.165, 1.54) is 0 Å². The van der Waals surface area contributed by atoms with Gasteiger partial charge in [-0.3, -0.25) is 0 Å². The van der Waals surface area contributed by atoms with Crippen molar-refractivity contribution in [3.8, 4) is 0 Å². The molecule has 19 heavy (non-hydrogen) atoms. The van der Waals surface area contributed by atoms with E-state index in [-0.39, 0.29) is 6.42 Å². The van der Waals surface area contributed by atoms with Gasteiger partial charge in [0.1, 0.15) is 0 Å². The lowest BCUT2D eigenvalue weighted by Crippen LogP contribution is -2.45. The van der Waals surface area contributed by atoms with Crippen molar-refractivity contribution in [1.82, 2.24) is 0 Å². The van der Waals surface area contributed by atoms with Gasteiger partial charge in [-0.25, -0.2) is 8.78 Å². The van der Waals surface area contributed by atoms with Crippen LogP contribution in [0.5, 0.6) is 0 Å². The maximum absolute atomic E-state index is 13.7. The van der Waals surface area contributed by atoms with Gasteiger partial charge in [0.2, 0.25) is 0 Å². The van der Waals surface area contributed by atoms with Crippen molar-refractivity contribution in [2.75, 3.05) is 6.61 Å². The summed E-state index contributed by atoms with van der Waals surface area (Å²) in [5.74, 6) is 1.05. The highest BCUT2D eigenvalue weighted by atomic mass is 19.2. The SMILES string of the molecule is C=CC1CCC(COC2CCC(O)C(F)C2F)CC1. The first-order valence-corrected chi connectivity index (χ1v) is 7.32. The van der Waals surface area contributed by atoms with E-state index in [1.807, 2.05) is 6.08 Å². The molecule has 0 heterocycles. The van der Waals surface area contributed by atoms with Gasteiger partial charge in [0.25, 0.3) is 0 Å². The quantitative estimate of drug-likeness (QED) is 0.798. The van der Waals surface area contributed by atoms with Crippen LogP contribution in [0.3, 0.4) is 0 Å². The fourth-order valence-corrected chi connectivity index (χ4v) is 3.10. The van der Waals surface area contributed by atoms with Crippen LogP contribution >= 0.6 is 0 Å². The van der Waals surface area contributed by atoms with Crippen LogP contribution in [-0.4, -0.2) is 36.3 Å². The van der Waals surface area contributed by atoms with E-state index in [2.05, 4.69) is 6.58 Å². The van der Waals surface area contributed by atoms with Crippen LogP contribution in [0.1, 0.15) is 38.5 Å². The molecule has 0 saturated heterocycles. The first-order chi connectivity index (χ1) is 9.11. The van der Waals surface area contributed by atoms with Crippen molar-refractivity contribution < 1.29 is 18.6 Å². The number of ether oxygens (including phenoxy) is 1. The number of hydrogen-bond donors (Lipinski definition) is 1. The summed E-state index contributed by atoms with van der Waals surface area (Å²) in [5, 5.41) is 9.26. The average molecular weight is 274 g/mol. The molecule has 2 saturated carbocycles. The third-order valence-corrected chi connectivity index (χ3v) is 4.54. The van der Waals surface area contributed by atoms with Crippen LogP contribution in [0, 0.1) is 11.8 Å². The molecule has 2 nitrogen and oxygen atoms in total. The van der Waals surface area contributed by atoms with Gasteiger partial charge >= 0.3 is 0 Å². The molecule has 2 aliphatic rings. The van der Waals surface area contributed by atoms with Crippen molar-refractivity contribution in [2.24, 2.45) is 11.8 Å². The van der Waals surface area contributed by atoms with Gasteiger partial charge in [0.05, 0.1) is 12.2 Å². The Hall–Kier alpha value is -0.480. The average Bonchev–Trinajstić information content (AvgIpc) is 2.45. The second-order valence-corrected chi connectivity index (χ2v) is 5.92. The normalized spacial score (nSPS) is 43.9. The van der Waals surface area contributed by atoms with Gasteiger partial charge in [-0.2, -0.15) is 0 Å². The number of aliphatic hydroxyl groups excluding tert-OH is 1. The fourth-order valence-electron chi connectivity index (χ4n) is 3.10. The molecule has 4 unspecified atom stereocenters. The van der Waals surface area contributed by atoms with E-state index in [0.717, 1.165) is 25.7 Å². The van der Waals surface area contributed by atoms with Crippen LogP contribution in [0.15, 0.2) is 12.7 Å². The highest BCUT2D eigenvalue weighted by molar-refractivity contribution is 4.89. The molecule has 110 valence electrons. The van der Waals surface area contributed by atoms with Gasteiger partial charge < -0.3 is 9.84 Å². The number of halogens is 2. The van der Waals surface area contributed by atoms with E-state index >= 15 is 0 Å². The molecule has 0 aromatic rings. The lowest BCUT2D eigenvalue weighted by molar-refractivity contribution is -0.106. The molecule has 0 aromatic carbocycles. The van der Waals surface area contributed by atoms with E-state index in [0.29, 0.717) is 24.9 Å². The largest absolute Gasteiger partial charge is 0.390 e. The van der Waals surface area contributed by atoms with E-state index in [9.17, 15) is 13.9 Å². The maximum Gasteiger partial charge on any atom is 0.160 e. The number of alkyl halides is 2. The summed E-state index contributed by atoms with van der Waals surface area (Å²) in [6.07, 6.45) is 1.74. The molecule has 1 N–H and O–H groups in total. The lowest BCUT2D eigenvalue weighted by Gasteiger charge is -2.34. The minimum absolute atomic E-state index is 0.287. The molecular formula is C15H24F2O2. The number of rotatable bonds is 4. The van der Waals surface area contributed by atoms with E-state index < -0.39 is 24.6 Å². The molecule has 0 bridgehead atoms. The van der Waals surface area contributed by atoms with Crippen molar-refractivity contribution >= 4 is 0 Å². The number of hydrogen-bond acceptors (Lipinski definition) is 2. The van der Waals surface area contributed by atoms with Crippen LogP contribution in [0.4, 0.5) is 8.78 Å². The summed E-state index contributed by atoms with van der Waals surface area (Å²) in [7, 11) is 0. The fraction of sp³-hybridized carbons (Fsp3) is 0.867. The van der Waals surface area contributed by atoms with Crippen LogP contribution < -0.4 is 0 Å². The van der Waals surface area contributed by atoms with Crippen molar-refractivity contribution in [3.63, 3.8) is 0 Å². The molecule has 4 atom stereocenters. The molecule has 2 fully saturated rings. The Balaban J connectivity index is 1.72. The Labute approximate surface area is 113 Å². The standard InChI is InChI=1S/C15H24F2O2/c1-2-10-3-5-11(6-4-10)9-19-13-8-7-12(18)14(16)15(13)17/h2,10-15,18H,1,3-9H2. The predicted molar refractivity (Wildman–Crippen MR) is 70.4 cm³/mol. The molecule has 2 rings (SSSR count). The molecule has 0 aliphatic heterocycles. The Bertz CT molecular complexity index is 290. The van der Waals surface area contributed by atoms with Gasteiger partial charge in [-0.05, 0) is 50.4 Å². The van der Waals surface area contributed by atoms with Crippen molar-refractivity contribution in [3.05, 3.63) is 12.7 Å². The Morgan fingerprint density at radius 3 is 2.37 bits per heavy atom. The summed E-state index contributed by atoms with van der Waals surface area (Å²) >= 11 is 0. The van der Waals surface area contributed by atoms with E-state index in [1.54, 1.807) is 0 Å². The smallest absolute Gasteiger partial charge is 0.160 e. The van der Waals surface area contributed by atoms with Gasteiger partial charge in [-0.1, -0.05) is 6.08 Å². The van der Waals surface area contributed by atoms with Crippen LogP contribution in [0.2, 0.25) is 0 Å². The molecule has 0 aromatic heterocycles. The zero-order valence-corrected chi connectivity index (χ0v) is 11.3. The Morgan fingerprint density at radius 2 is 1.74 bits per heavy atom. The van der Waals surface area contributed by atoms with Gasteiger partial charge in [-0.15, -0.1) is 6.58 Å². The minimum Gasteiger partial charge on any atom is -0.390 e. The van der Waals surface area contributed by atoms with E-state index in [4.69, 9.17) is 4.74 Å².